The Morgan fingerprint density at radius 3 is 2.93 bits per heavy atom. The third kappa shape index (κ3) is 1.74. The van der Waals surface area contributed by atoms with Crippen molar-refractivity contribution in [1.29, 1.82) is 0 Å². The maximum atomic E-state index is 5.54. The molecule has 0 saturated carbocycles. The molecule has 1 aliphatic heterocycles. The molecule has 2 unspecified atom stereocenters. The average molecular weight is 213 g/mol. The monoisotopic (exact) mass is 213 g/mol. The van der Waals surface area contributed by atoms with E-state index in [1.807, 2.05) is 6.92 Å². The molecule has 5 heteroatoms. The van der Waals surface area contributed by atoms with E-state index in [4.69, 9.17) is 4.74 Å². The van der Waals surface area contributed by atoms with Gasteiger partial charge in [0.15, 0.2) is 0 Å². The molecule has 1 fully saturated rings. The molecular weight excluding hydrogens is 198 g/mol. The summed E-state index contributed by atoms with van der Waals surface area (Å²) >= 11 is 1.41. The van der Waals surface area contributed by atoms with Gasteiger partial charge in [0, 0.05) is 18.1 Å². The van der Waals surface area contributed by atoms with Gasteiger partial charge in [0.05, 0.1) is 11.6 Å². The first-order valence-electron chi connectivity index (χ1n) is 4.80. The van der Waals surface area contributed by atoms with E-state index in [0.717, 1.165) is 24.0 Å². The minimum atomic E-state index is 0.00593. The van der Waals surface area contributed by atoms with E-state index in [1.54, 1.807) is 0 Å². The average Bonchev–Trinajstić information content (AvgIpc) is 2.62. The topological polar surface area (TPSA) is 47.0 Å². The van der Waals surface area contributed by atoms with Crippen molar-refractivity contribution >= 4 is 16.7 Å². The van der Waals surface area contributed by atoms with E-state index in [0.29, 0.717) is 0 Å². The van der Waals surface area contributed by atoms with Crippen LogP contribution in [0, 0.1) is 6.92 Å². The Morgan fingerprint density at radius 2 is 2.43 bits per heavy atom. The Morgan fingerprint density at radius 1 is 1.64 bits per heavy atom. The van der Waals surface area contributed by atoms with Crippen LogP contribution in [0.1, 0.15) is 26.1 Å². The second-order valence-corrected chi connectivity index (χ2v) is 4.70. The quantitative estimate of drug-likeness (QED) is 0.814. The van der Waals surface area contributed by atoms with E-state index in [2.05, 4.69) is 28.5 Å². The summed E-state index contributed by atoms with van der Waals surface area (Å²) in [6.45, 7) is 6.98. The molecule has 1 aromatic heterocycles. The lowest BCUT2D eigenvalue weighted by molar-refractivity contribution is 0.105. The second kappa shape index (κ2) is 3.47. The SMILES string of the molecule is Cc1nsc(NC2(C)CCOC2C)n1. The Hall–Kier alpha value is -0.680. The van der Waals surface area contributed by atoms with Crippen molar-refractivity contribution in [2.75, 3.05) is 11.9 Å². The molecule has 2 rings (SSSR count). The Balaban J connectivity index is 2.10. The number of hydrogen-bond acceptors (Lipinski definition) is 5. The van der Waals surface area contributed by atoms with Gasteiger partial charge in [-0.1, -0.05) is 0 Å². The first-order valence-corrected chi connectivity index (χ1v) is 5.57. The van der Waals surface area contributed by atoms with Gasteiger partial charge in [-0.3, -0.25) is 0 Å². The molecule has 4 nitrogen and oxygen atoms in total. The number of aromatic nitrogens is 2. The smallest absolute Gasteiger partial charge is 0.203 e. The highest BCUT2D eigenvalue weighted by molar-refractivity contribution is 7.09. The van der Waals surface area contributed by atoms with Crippen LogP contribution in [-0.2, 0) is 4.74 Å². The van der Waals surface area contributed by atoms with Crippen LogP contribution in [0.5, 0.6) is 0 Å². The maximum Gasteiger partial charge on any atom is 0.203 e. The summed E-state index contributed by atoms with van der Waals surface area (Å²) in [6.07, 6.45) is 1.25. The molecule has 1 saturated heterocycles. The molecule has 1 N–H and O–H groups in total. The predicted molar refractivity (Wildman–Crippen MR) is 56.7 cm³/mol. The fraction of sp³-hybridized carbons (Fsp3) is 0.778. The van der Waals surface area contributed by atoms with Crippen molar-refractivity contribution in [3.8, 4) is 0 Å². The van der Waals surface area contributed by atoms with Crippen molar-refractivity contribution in [2.24, 2.45) is 0 Å². The lowest BCUT2D eigenvalue weighted by Crippen LogP contribution is -2.41. The van der Waals surface area contributed by atoms with Crippen molar-refractivity contribution in [2.45, 2.75) is 38.8 Å². The van der Waals surface area contributed by atoms with Crippen LogP contribution in [0.25, 0.3) is 0 Å². The van der Waals surface area contributed by atoms with Gasteiger partial charge in [-0.2, -0.15) is 4.37 Å². The molecular formula is C9H15N3OS. The minimum absolute atomic E-state index is 0.00593. The largest absolute Gasteiger partial charge is 0.376 e. The van der Waals surface area contributed by atoms with Gasteiger partial charge in [-0.05, 0) is 27.2 Å². The molecule has 0 amide bonds. The summed E-state index contributed by atoms with van der Waals surface area (Å²) in [6, 6.07) is 0. The molecule has 0 aromatic carbocycles. The summed E-state index contributed by atoms with van der Waals surface area (Å²) < 4.78 is 9.68. The van der Waals surface area contributed by atoms with E-state index < -0.39 is 0 Å². The Kier molecular flexibility index (Phi) is 2.45. The number of nitrogens with zero attached hydrogens (tertiary/aromatic N) is 2. The number of hydrogen-bond donors (Lipinski definition) is 1. The van der Waals surface area contributed by atoms with Crippen LogP contribution in [0.15, 0.2) is 0 Å². The second-order valence-electron chi connectivity index (χ2n) is 3.95. The molecule has 0 bridgehead atoms. The molecule has 2 atom stereocenters. The van der Waals surface area contributed by atoms with Gasteiger partial charge in [0.2, 0.25) is 5.13 Å². The van der Waals surface area contributed by atoms with Gasteiger partial charge in [0.1, 0.15) is 5.82 Å². The molecule has 1 aliphatic rings. The van der Waals surface area contributed by atoms with Gasteiger partial charge in [0.25, 0.3) is 0 Å². The third-order valence-corrected chi connectivity index (χ3v) is 3.53. The molecule has 2 heterocycles. The highest BCUT2D eigenvalue weighted by atomic mass is 32.1. The van der Waals surface area contributed by atoms with Gasteiger partial charge < -0.3 is 10.1 Å². The standard InChI is InChI=1S/C9H15N3OS/c1-6-9(3,4-5-13-6)11-8-10-7(2)12-14-8/h6H,4-5H2,1-3H3,(H,10,11,12). The van der Waals surface area contributed by atoms with Crippen LogP contribution in [0.3, 0.4) is 0 Å². The molecule has 0 aliphatic carbocycles. The first-order chi connectivity index (χ1) is 6.60. The van der Waals surface area contributed by atoms with Crippen molar-refractivity contribution in [3.05, 3.63) is 5.82 Å². The van der Waals surface area contributed by atoms with Gasteiger partial charge in [-0.25, -0.2) is 4.98 Å². The fourth-order valence-electron chi connectivity index (χ4n) is 1.59. The molecule has 14 heavy (non-hydrogen) atoms. The number of aryl methyl sites for hydroxylation is 1. The van der Waals surface area contributed by atoms with Crippen molar-refractivity contribution < 1.29 is 4.74 Å². The number of anilines is 1. The summed E-state index contributed by atoms with van der Waals surface area (Å²) in [5.74, 6) is 0.827. The summed E-state index contributed by atoms with van der Waals surface area (Å²) in [7, 11) is 0. The van der Waals surface area contributed by atoms with Gasteiger partial charge >= 0.3 is 0 Å². The Bertz CT molecular complexity index is 328. The summed E-state index contributed by atoms with van der Waals surface area (Å²) in [5.41, 5.74) is 0.00593. The predicted octanol–water partition coefficient (Wildman–Crippen LogP) is 1.83. The molecule has 1 aromatic rings. The van der Waals surface area contributed by atoms with Crippen LogP contribution in [0.2, 0.25) is 0 Å². The van der Waals surface area contributed by atoms with Crippen LogP contribution >= 0.6 is 11.5 Å². The van der Waals surface area contributed by atoms with Crippen LogP contribution in [-0.4, -0.2) is 27.6 Å². The maximum absolute atomic E-state index is 5.54. The summed E-state index contributed by atoms with van der Waals surface area (Å²) in [5, 5.41) is 4.30. The van der Waals surface area contributed by atoms with Crippen molar-refractivity contribution in [3.63, 3.8) is 0 Å². The molecule has 78 valence electrons. The number of nitrogens with one attached hydrogen (secondary N) is 1. The molecule has 0 spiro atoms. The van der Waals surface area contributed by atoms with E-state index in [-0.39, 0.29) is 11.6 Å². The minimum Gasteiger partial charge on any atom is -0.376 e. The zero-order valence-electron chi connectivity index (χ0n) is 8.70. The Labute approximate surface area is 87.9 Å². The van der Waals surface area contributed by atoms with Gasteiger partial charge in [-0.15, -0.1) is 0 Å². The van der Waals surface area contributed by atoms with Crippen molar-refractivity contribution in [1.82, 2.24) is 9.36 Å². The van der Waals surface area contributed by atoms with E-state index in [9.17, 15) is 0 Å². The van der Waals surface area contributed by atoms with E-state index in [1.165, 1.54) is 11.5 Å². The lowest BCUT2D eigenvalue weighted by Gasteiger charge is -2.28. The lowest BCUT2D eigenvalue weighted by atomic mass is 9.95. The highest BCUT2D eigenvalue weighted by Gasteiger charge is 2.37. The number of ether oxygens (including phenoxy) is 1. The molecule has 0 radical (unpaired) electrons. The normalized spacial score (nSPS) is 32.1. The summed E-state index contributed by atoms with van der Waals surface area (Å²) in [4.78, 5) is 4.29. The first kappa shape index (κ1) is 9.86. The highest BCUT2D eigenvalue weighted by Crippen LogP contribution is 2.29. The van der Waals surface area contributed by atoms with Crippen LogP contribution in [0.4, 0.5) is 5.13 Å². The number of rotatable bonds is 2. The zero-order chi connectivity index (χ0) is 10.2. The zero-order valence-corrected chi connectivity index (χ0v) is 9.52. The van der Waals surface area contributed by atoms with E-state index >= 15 is 0 Å². The third-order valence-electron chi connectivity index (χ3n) is 2.81. The fourth-order valence-corrected chi connectivity index (χ4v) is 2.30. The van der Waals surface area contributed by atoms with Crippen LogP contribution < -0.4 is 5.32 Å².